The fourth-order valence-electron chi connectivity index (χ4n) is 1.50. The quantitative estimate of drug-likeness (QED) is 0.752. The molecule has 0 aliphatic heterocycles. The minimum atomic E-state index is 0.515. The zero-order valence-electron chi connectivity index (χ0n) is 9.59. The Bertz CT molecular complexity index is 369. The van der Waals surface area contributed by atoms with Crippen molar-refractivity contribution in [1.29, 1.82) is 5.26 Å². The summed E-state index contributed by atoms with van der Waals surface area (Å²) in [6.07, 6.45) is 4.97. The first-order valence-electron chi connectivity index (χ1n) is 5.71. The maximum absolute atomic E-state index is 8.73. The molecule has 1 aromatic rings. The van der Waals surface area contributed by atoms with E-state index in [0.717, 1.165) is 12.2 Å². The molecule has 0 aromatic heterocycles. The van der Waals surface area contributed by atoms with Crippen molar-refractivity contribution in [3.05, 3.63) is 28.8 Å². The zero-order valence-corrected chi connectivity index (χ0v) is 10.3. The van der Waals surface area contributed by atoms with E-state index in [1.165, 1.54) is 25.7 Å². The summed E-state index contributed by atoms with van der Waals surface area (Å²) < 4.78 is 0. The van der Waals surface area contributed by atoms with Gasteiger partial charge in [-0.3, -0.25) is 0 Å². The topological polar surface area (TPSA) is 35.8 Å². The average Bonchev–Trinajstić information content (AvgIpc) is 2.29. The van der Waals surface area contributed by atoms with Crippen molar-refractivity contribution < 1.29 is 0 Å². The van der Waals surface area contributed by atoms with Gasteiger partial charge in [0.2, 0.25) is 0 Å². The molecule has 0 bridgehead atoms. The Morgan fingerprint density at radius 3 is 2.75 bits per heavy atom. The fraction of sp³-hybridized carbons (Fsp3) is 0.462. The normalized spacial score (nSPS) is 9.81. The van der Waals surface area contributed by atoms with E-state index in [9.17, 15) is 0 Å². The summed E-state index contributed by atoms with van der Waals surface area (Å²) in [5.41, 5.74) is 1.51. The van der Waals surface area contributed by atoms with Crippen LogP contribution in [0.15, 0.2) is 18.2 Å². The van der Waals surface area contributed by atoms with Crippen molar-refractivity contribution in [2.24, 2.45) is 0 Å². The maximum Gasteiger partial charge on any atom is 0.101 e. The molecule has 0 fully saturated rings. The van der Waals surface area contributed by atoms with Gasteiger partial charge in [0.15, 0.2) is 0 Å². The Labute approximate surface area is 102 Å². The highest BCUT2D eigenvalue weighted by atomic mass is 35.5. The molecule has 0 amide bonds. The van der Waals surface area contributed by atoms with E-state index in [0.29, 0.717) is 10.6 Å². The molecule has 3 heteroatoms. The first-order chi connectivity index (χ1) is 7.77. The van der Waals surface area contributed by atoms with Crippen molar-refractivity contribution in [3.8, 4) is 6.07 Å². The summed E-state index contributed by atoms with van der Waals surface area (Å²) in [7, 11) is 0. The lowest BCUT2D eigenvalue weighted by atomic mass is 10.2. The van der Waals surface area contributed by atoms with Crippen LogP contribution in [0.1, 0.15) is 38.2 Å². The lowest BCUT2D eigenvalue weighted by molar-refractivity contribution is 0.685. The van der Waals surface area contributed by atoms with Gasteiger partial charge in [-0.15, -0.1) is 0 Å². The van der Waals surface area contributed by atoms with Crippen LogP contribution in [-0.4, -0.2) is 6.54 Å². The van der Waals surface area contributed by atoms with E-state index in [2.05, 4.69) is 12.2 Å². The van der Waals surface area contributed by atoms with E-state index in [1.807, 2.05) is 12.1 Å². The molecule has 0 saturated heterocycles. The smallest absolute Gasteiger partial charge is 0.101 e. The molecule has 1 aromatic carbocycles. The third kappa shape index (κ3) is 4.12. The van der Waals surface area contributed by atoms with Crippen molar-refractivity contribution in [2.45, 2.75) is 32.6 Å². The summed E-state index contributed by atoms with van der Waals surface area (Å²) >= 11 is 5.93. The largest absolute Gasteiger partial charge is 0.385 e. The van der Waals surface area contributed by atoms with Crippen LogP contribution in [0.5, 0.6) is 0 Å². The summed E-state index contributed by atoms with van der Waals surface area (Å²) in [5.74, 6) is 0. The molecule has 0 saturated carbocycles. The molecule has 0 radical (unpaired) electrons. The Kier molecular flexibility index (Phi) is 5.74. The van der Waals surface area contributed by atoms with Gasteiger partial charge in [0.25, 0.3) is 0 Å². The van der Waals surface area contributed by atoms with E-state index >= 15 is 0 Å². The third-order valence-electron chi connectivity index (χ3n) is 2.45. The number of anilines is 1. The second kappa shape index (κ2) is 7.14. The van der Waals surface area contributed by atoms with Crippen LogP contribution in [0.3, 0.4) is 0 Å². The third-order valence-corrected chi connectivity index (χ3v) is 2.76. The maximum atomic E-state index is 8.73. The molecule has 16 heavy (non-hydrogen) atoms. The number of unbranched alkanes of at least 4 members (excludes halogenated alkanes) is 3. The predicted octanol–water partition coefficient (Wildman–Crippen LogP) is 4.20. The first kappa shape index (κ1) is 12.9. The van der Waals surface area contributed by atoms with Crippen LogP contribution in [0, 0.1) is 11.3 Å². The number of benzene rings is 1. The molecule has 2 nitrogen and oxygen atoms in total. The van der Waals surface area contributed by atoms with E-state index in [4.69, 9.17) is 16.9 Å². The molecule has 1 rings (SSSR count). The molecular weight excluding hydrogens is 220 g/mol. The van der Waals surface area contributed by atoms with E-state index < -0.39 is 0 Å². The number of nitrogens with zero attached hydrogens (tertiary/aromatic N) is 1. The van der Waals surface area contributed by atoms with Crippen LogP contribution >= 0.6 is 11.6 Å². The molecule has 86 valence electrons. The number of halogens is 1. The first-order valence-corrected chi connectivity index (χ1v) is 6.09. The predicted molar refractivity (Wildman–Crippen MR) is 68.8 cm³/mol. The van der Waals surface area contributed by atoms with Crippen molar-refractivity contribution in [2.75, 3.05) is 11.9 Å². The van der Waals surface area contributed by atoms with Crippen LogP contribution in [-0.2, 0) is 0 Å². The fourth-order valence-corrected chi connectivity index (χ4v) is 1.72. The van der Waals surface area contributed by atoms with Crippen molar-refractivity contribution in [3.63, 3.8) is 0 Å². The highest BCUT2D eigenvalue weighted by Gasteiger charge is 2.00. The number of hydrogen-bond donors (Lipinski definition) is 1. The average molecular weight is 237 g/mol. The van der Waals surface area contributed by atoms with Crippen LogP contribution in [0.2, 0.25) is 5.02 Å². The van der Waals surface area contributed by atoms with E-state index in [-0.39, 0.29) is 0 Å². The standard InChI is InChI=1S/C13H17ClN2/c1-2-3-4-5-8-16-12-7-6-11(10-15)13(14)9-12/h6-7,9,16H,2-5,8H2,1H3. The minimum absolute atomic E-state index is 0.515. The van der Waals surface area contributed by atoms with Crippen LogP contribution in [0.4, 0.5) is 5.69 Å². The van der Waals surface area contributed by atoms with Crippen molar-refractivity contribution >= 4 is 17.3 Å². The van der Waals surface area contributed by atoms with Gasteiger partial charge in [-0.05, 0) is 24.6 Å². The SMILES string of the molecule is CCCCCCNc1ccc(C#N)c(Cl)c1. The molecule has 0 heterocycles. The Morgan fingerprint density at radius 2 is 2.12 bits per heavy atom. The highest BCUT2D eigenvalue weighted by molar-refractivity contribution is 6.32. The Balaban J connectivity index is 2.38. The summed E-state index contributed by atoms with van der Waals surface area (Å²) in [6, 6.07) is 7.49. The summed E-state index contributed by atoms with van der Waals surface area (Å²) in [5, 5.41) is 12.5. The Morgan fingerprint density at radius 1 is 1.31 bits per heavy atom. The zero-order chi connectivity index (χ0) is 11.8. The molecule has 0 unspecified atom stereocenters. The van der Waals surface area contributed by atoms with Gasteiger partial charge in [0.05, 0.1) is 10.6 Å². The van der Waals surface area contributed by atoms with Crippen LogP contribution < -0.4 is 5.32 Å². The second-order valence-corrected chi connectivity index (χ2v) is 4.20. The molecule has 0 aliphatic carbocycles. The van der Waals surface area contributed by atoms with Gasteiger partial charge in [0.1, 0.15) is 6.07 Å². The second-order valence-electron chi connectivity index (χ2n) is 3.79. The van der Waals surface area contributed by atoms with Gasteiger partial charge in [-0.1, -0.05) is 37.8 Å². The van der Waals surface area contributed by atoms with Gasteiger partial charge in [-0.2, -0.15) is 5.26 Å². The molecular formula is C13H17ClN2. The molecule has 0 atom stereocenters. The number of nitrogens with one attached hydrogen (secondary N) is 1. The minimum Gasteiger partial charge on any atom is -0.385 e. The van der Waals surface area contributed by atoms with E-state index in [1.54, 1.807) is 12.1 Å². The highest BCUT2D eigenvalue weighted by Crippen LogP contribution is 2.20. The van der Waals surface area contributed by atoms with Crippen LogP contribution in [0.25, 0.3) is 0 Å². The number of nitriles is 1. The molecule has 1 N–H and O–H groups in total. The van der Waals surface area contributed by atoms with Gasteiger partial charge >= 0.3 is 0 Å². The summed E-state index contributed by atoms with van der Waals surface area (Å²) in [4.78, 5) is 0. The van der Waals surface area contributed by atoms with Crippen molar-refractivity contribution in [1.82, 2.24) is 0 Å². The molecule has 0 aliphatic rings. The van der Waals surface area contributed by atoms with Gasteiger partial charge < -0.3 is 5.32 Å². The lowest BCUT2D eigenvalue weighted by Crippen LogP contribution is -2.01. The monoisotopic (exact) mass is 236 g/mol. The Hall–Kier alpha value is -1.20. The number of rotatable bonds is 6. The number of hydrogen-bond acceptors (Lipinski definition) is 2. The van der Waals surface area contributed by atoms with Gasteiger partial charge in [0, 0.05) is 12.2 Å². The summed E-state index contributed by atoms with van der Waals surface area (Å²) in [6.45, 7) is 3.16. The lowest BCUT2D eigenvalue weighted by Gasteiger charge is -2.06. The molecule has 0 spiro atoms. The van der Waals surface area contributed by atoms with Gasteiger partial charge in [-0.25, -0.2) is 0 Å².